The van der Waals surface area contributed by atoms with Crippen LogP contribution in [0.5, 0.6) is 0 Å². The molecule has 2 N–H and O–H groups in total. The lowest BCUT2D eigenvalue weighted by atomic mass is 9.97. The molecule has 4 rings (SSSR count). The number of amides is 1. The van der Waals surface area contributed by atoms with Crippen LogP contribution in [0.2, 0.25) is 0 Å². The molecular weight excluding hydrogens is 336 g/mol. The van der Waals surface area contributed by atoms with E-state index in [0.717, 1.165) is 54.8 Å². The summed E-state index contributed by atoms with van der Waals surface area (Å²) in [6.45, 7) is 3.92. The van der Waals surface area contributed by atoms with Crippen LogP contribution in [0.25, 0.3) is 10.8 Å². The van der Waals surface area contributed by atoms with Gasteiger partial charge in [0.25, 0.3) is 5.91 Å². The number of aromatic nitrogens is 2. The van der Waals surface area contributed by atoms with Crippen molar-refractivity contribution in [2.24, 2.45) is 5.92 Å². The molecule has 0 radical (unpaired) electrons. The predicted molar refractivity (Wildman–Crippen MR) is 108 cm³/mol. The summed E-state index contributed by atoms with van der Waals surface area (Å²) in [6.07, 6.45) is 6.98. The van der Waals surface area contributed by atoms with E-state index < -0.39 is 0 Å². The van der Waals surface area contributed by atoms with Crippen LogP contribution in [-0.2, 0) is 6.42 Å². The number of H-pyrrole nitrogens is 1. The summed E-state index contributed by atoms with van der Waals surface area (Å²) in [6, 6.07) is 14.0. The van der Waals surface area contributed by atoms with E-state index in [4.69, 9.17) is 0 Å². The summed E-state index contributed by atoms with van der Waals surface area (Å²) in [5.74, 6) is 1.58. The third-order valence-corrected chi connectivity index (χ3v) is 5.41. The van der Waals surface area contributed by atoms with E-state index in [-0.39, 0.29) is 5.91 Å². The second-order valence-corrected chi connectivity index (χ2v) is 7.33. The molecule has 0 unspecified atom stereocenters. The summed E-state index contributed by atoms with van der Waals surface area (Å²) in [5.41, 5.74) is 0.763. The summed E-state index contributed by atoms with van der Waals surface area (Å²) in [7, 11) is 0. The van der Waals surface area contributed by atoms with Gasteiger partial charge < -0.3 is 15.2 Å². The standard InChI is InChI=1S/C22H26N4O/c27-22(20-9-3-7-18-6-1-2-8-19(18)20)25-15-17-5-4-13-26(16-17)14-10-21-23-11-12-24-21/h1-3,6-9,11-12,17H,4-5,10,13-16H2,(H,23,24)(H,25,27)/t17-/m0/s1. The summed E-state index contributed by atoms with van der Waals surface area (Å²) >= 11 is 0. The van der Waals surface area contributed by atoms with Crippen molar-refractivity contribution in [3.63, 3.8) is 0 Å². The fraction of sp³-hybridized carbons (Fsp3) is 0.364. The number of carbonyl (C=O) groups is 1. The SMILES string of the molecule is O=C(NC[C@@H]1CCCN(CCc2ncc[nH]2)C1)c1cccc2ccccc12. The number of hydrogen-bond acceptors (Lipinski definition) is 3. The molecule has 140 valence electrons. The van der Waals surface area contributed by atoms with E-state index in [0.29, 0.717) is 5.92 Å². The van der Waals surface area contributed by atoms with Gasteiger partial charge in [-0.05, 0) is 42.1 Å². The van der Waals surface area contributed by atoms with Crippen molar-refractivity contribution in [3.05, 3.63) is 66.2 Å². The Morgan fingerprint density at radius 1 is 1.22 bits per heavy atom. The highest BCUT2D eigenvalue weighted by Crippen LogP contribution is 2.19. The van der Waals surface area contributed by atoms with Crippen molar-refractivity contribution < 1.29 is 4.79 Å². The van der Waals surface area contributed by atoms with Gasteiger partial charge in [-0.15, -0.1) is 0 Å². The Bertz CT molecular complexity index is 885. The molecule has 5 nitrogen and oxygen atoms in total. The van der Waals surface area contributed by atoms with Gasteiger partial charge in [0.15, 0.2) is 0 Å². The van der Waals surface area contributed by atoms with Crippen molar-refractivity contribution in [3.8, 4) is 0 Å². The minimum Gasteiger partial charge on any atom is -0.352 e. The largest absolute Gasteiger partial charge is 0.352 e. The van der Waals surface area contributed by atoms with E-state index in [9.17, 15) is 4.79 Å². The monoisotopic (exact) mass is 362 g/mol. The van der Waals surface area contributed by atoms with E-state index >= 15 is 0 Å². The van der Waals surface area contributed by atoms with Crippen molar-refractivity contribution >= 4 is 16.7 Å². The number of fused-ring (bicyclic) bond motifs is 1. The molecular formula is C22H26N4O. The molecule has 2 aromatic carbocycles. The van der Waals surface area contributed by atoms with Crippen LogP contribution in [0, 0.1) is 5.92 Å². The fourth-order valence-electron chi connectivity index (χ4n) is 3.98. The second kappa shape index (κ2) is 8.35. The minimum absolute atomic E-state index is 0.0273. The van der Waals surface area contributed by atoms with Gasteiger partial charge in [-0.1, -0.05) is 36.4 Å². The topological polar surface area (TPSA) is 61.0 Å². The van der Waals surface area contributed by atoms with E-state index in [1.54, 1.807) is 6.20 Å². The molecule has 0 saturated carbocycles. The van der Waals surface area contributed by atoms with Gasteiger partial charge in [0.1, 0.15) is 5.82 Å². The zero-order valence-corrected chi connectivity index (χ0v) is 15.5. The Morgan fingerprint density at radius 2 is 2.11 bits per heavy atom. The summed E-state index contributed by atoms with van der Waals surface area (Å²) in [4.78, 5) is 22.7. The molecule has 5 heteroatoms. The molecule has 27 heavy (non-hydrogen) atoms. The zero-order valence-electron chi connectivity index (χ0n) is 15.5. The Kier molecular flexibility index (Phi) is 5.49. The van der Waals surface area contributed by atoms with Crippen LogP contribution in [-0.4, -0.2) is 47.0 Å². The predicted octanol–water partition coefficient (Wildman–Crippen LogP) is 3.25. The van der Waals surface area contributed by atoms with E-state index in [1.165, 1.54) is 12.8 Å². The molecule has 0 spiro atoms. The highest BCUT2D eigenvalue weighted by atomic mass is 16.1. The highest BCUT2D eigenvalue weighted by molar-refractivity contribution is 6.06. The second-order valence-electron chi connectivity index (χ2n) is 7.33. The third-order valence-electron chi connectivity index (χ3n) is 5.41. The molecule has 1 aromatic heterocycles. The zero-order chi connectivity index (χ0) is 18.5. The van der Waals surface area contributed by atoms with Crippen LogP contribution in [0.1, 0.15) is 29.0 Å². The average molecular weight is 362 g/mol. The first-order valence-corrected chi connectivity index (χ1v) is 9.76. The van der Waals surface area contributed by atoms with Crippen molar-refractivity contribution in [2.45, 2.75) is 19.3 Å². The van der Waals surface area contributed by atoms with E-state index in [2.05, 4.69) is 20.2 Å². The van der Waals surface area contributed by atoms with Gasteiger partial charge in [-0.2, -0.15) is 0 Å². The number of piperidine rings is 1. The Hall–Kier alpha value is -2.66. The number of nitrogens with zero attached hydrogens (tertiary/aromatic N) is 2. The molecule has 2 heterocycles. The first kappa shape index (κ1) is 17.7. The normalized spacial score (nSPS) is 17.9. The molecule has 1 atom stereocenters. The third kappa shape index (κ3) is 4.37. The van der Waals surface area contributed by atoms with Gasteiger partial charge in [0, 0.05) is 44.0 Å². The number of benzene rings is 2. The van der Waals surface area contributed by atoms with Crippen molar-refractivity contribution in [1.29, 1.82) is 0 Å². The Balaban J connectivity index is 1.31. The summed E-state index contributed by atoms with van der Waals surface area (Å²) < 4.78 is 0. The molecule has 1 saturated heterocycles. The van der Waals surface area contributed by atoms with Crippen LogP contribution < -0.4 is 5.32 Å². The van der Waals surface area contributed by atoms with Crippen LogP contribution >= 0.6 is 0 Å². The molecule has 3 aromatic rings. The number of rotatable bonds is 6. The molecule has 1 fully saturated rings. The average Bonchev–Trinajstić information content (AvgIpc) is 3.24. The number of aromatic amines is 1. The van der Waals surface area contributed by atoms with Crippen molar-refractivity contribution in [1.82, 2.24) is 20.2 Å². The van der Waals surface area contributed by atoms with Gasteiger partial charge in [0.2, 0.25) is 0 Å². The summed E-state index contributed by atoms with van der Waals surface area (Å²) in [5, 5.41) is 5.29. The van der Waals surface area contributed by atoms with Gasteiger partial charge >= 0.3 is 0 Å². The van der Waals surface area contributed by atoms with Crippen LogP contribution in [0.4, 0.5) is 0 Å². The molecule has 0 bridgehead atoms. The number of carbonyl (C=O) groups excluding carboxylic acids is 1. The number of hydrogen-bond donors (Lipinski definition) is 2. The van der Waals surface area contributed by atoms with Gasteiger partial charge in [0.05, 0.1) is 0 Å². The quantitative estimate of drug-likeness (QED) is 0.708. The van der Waals surface area contributed by atoms with Crippen molar-refractivity contribution in [2.75, 3.05) is 26.2 Å². The van der Waals surface area contributed by atoms with Gasteiger partial charge in [-0.25, -0.2) is 4.98 Å². The lowest BCUT2D eigenvalue weighted by Gasteiger charge is -2.32. The maximum atomic E-state index is 12.7. The number of nitrogens with one attached hydrogen (secondary N) is 2. The molecule has 1 aliphatic heterocycles. The first-order chi connectivity index (χ1) is 13.3. The fourth-order valence-corrected chi connectivity index (χ4v) is 3.98. The highest BCUT2D eigenvalue weighted by Gasteiger charge is 2.21. The number of likely N-dealkylation sites (tertiary alicyclic amines) is 1. The van der Waals surface area contributed by atoms with Crippen LogP contribution in [0.15, 0.2) is 54.9 Å². The smallest absolute Gasteiger partial charge is 0.251 e. The molecule has 1 aliphatic rings. The number of imidazole rings is 1. The maximum absolute atomic E-state index is 12.7. The molecule has 1 amide bonds. The Labute approximate surface area is 159 Å². The lowest BCUT2D eigenvalue weighted by Crippen LogP contribution is -2.41. The molecule has 0 aliphatic carbocycles. The first-order valence-electron chi connectivity index (χ1n) is 9.76. The van der Waals surface area contributed by atoms with Crippen LogP contribution in [0.3, 0.4) is 0 Å². The maximum Gasteiger partial charge on any atom is 0.251 e. The van der Waals surface area contributed by atoms with Gasteiger partial charge in [-0.3, -0.25) is 4.79 Å². The minimum atomic E-state index is 0.0273. The Morgan fingerprint density at radius 3 is 3.00 bits per heavy atom. The van der Waals surface area contributed by atoms with E-state index in [1.807, 2.05) is 48.7 Å². The lowest BCUT2D eigenvalue weighted by molar-refractivity contribution is 0.0934.